The third kappa shape index (κ3) is 1.54. The molecule has 1 aromatic carbocycles. The van der Waals surface area contributed by atoms with Crippen LogP contribution in [0.1, 0.15) is 18.4 Å². The molecule has 1 heterocycles. The van der Waals surface area contributed by atoms with Gasteiger partial charge in [-0.1, -0.05) is 13.0 Å². The summed E-state index contributed by atoms with van der Waals surface area (Å²) in [6, 6.07) is 5.08. The Morgan fingerprint density at radius 3 is 2.87 bits per heavy atom. The van der Waals surface area contributed by atoms with Crippen LogP contribution in [0.3, 0.4) is 0 Å². The summed E-state index contributed by atoms with van der Waals surface area (Å²) in [7, 11) is 1.47. The second-order valence-corrected chi connectivity index (χ2v) is 3.64. The number of alkyl halides is 2. The Balaban J connectivity index is 2.53. The van der Waals surface area contributed by atoms with Crippen molar-refractivity contribution in [1.82, 2.24) is 0 Å². The fourth-order valence-electron chi connectivity index (χ4n) is 1.76. The molecule has 0 aromatic heterocycles. The summed E-state index contributed by atoms with van der Waals surface area (Å²) < 4.78 is 36.9. The van der Waals surface area contributed by atoms with E-state index >= 15 is 0 Å². The average molecular weight is 214 g/mol. The van der Waals surface area contributed by atoms with Crippen LogP contribution < -0.4 is 9.47 Å². The van der Waals surface area contributed by atoms with E-state index in [4.69, 9.17) is 9.47 Å². The molecule has 1 unspecified atom stereocenters. The molecule has 0 aliphatic carbocycles. The fraction of sp³-hybridized carbons (Fsp3) is 0.455. The Hall–Kier alpha value is -1.32. The fourth-order valence-corrected chi connectivity index (χ4v) is 1.76. The van der Waals surface area contributed by atoms with E-state index in [1.165, 1.54) is 14.0 Å². The van der Waals surface area contributed by atoms with Crippen molar-refractivity contribution in [3.63, 3.8) is 0 Å². The van der Waals surface area contributed by atoms with E-state index in [1.54, 1.807) is 18.2 Å². The van der Waals surface area contributed by atoms with Gasteiger partial charge < -0.3 is 9.47 Å². The van der Waals surface area contributed by atoms with Crippen LogP contribution in [-0.4, -0.2) is 19.6 Å². The zero-order chi connectivity index (χ0) is 11.1. The van der Waals surface area contributed by atoms with Gasteiger partial charge in [0.05, 0.1) is 13.0 Å². The van der Waals surface area contributed by atoms with Crippen LogP contribution in [0.25, 0.3) is 0 Å². The number of benzene rings is 1. The van der Waals surface area contributed by atoms with Gasteiger partial charge in [-0.15, -0.1) is 0 Å². The summed E-state index contributed by atoms with van der Waals surface area (Å²) >= 11 is 0. The number of hydrogen-bond acceptors (Lipinski definition) is 2. The van der Waals surface area contributed by atoms with Gasteiger partial charge in [0.15, 0.2) is 6.61 Å². The number of rotatable bonds is 1. The highest BCUT2D eigenvalue weighted by atomic mass is 19.3. The Kier molecular flexibility index (Phi) is 2.29. The lowest BCUT2D eigenvalue weighted by Crippen LogP contribution is -2.36. The summed E-state index contributed by atoms with van der Waals surface area (Å²) in [5.74, 6) is -2.76. The monoisotopic (exact) mass is 214 g/mol. The van der Waals surface area contributed by atoms with Crippen LogP contribution in [0.4, 0.5) is 8.78 Å². The highest BCUT2D eigenvalue weighted by Crippen LogP contribution is 2.46. The first kappa shape index (κ1) is 10.2. The second-order valence-electron chi connectivity index (χ2n) is 3.64. The quantitative estimate of drug-likeness (QED) is 0.715. The van der Waals surface area contributed by atoms with Crippen LogP contribution in [0.5, 0.6) is 11.5 Å². The van der Waals surface area contributed by atoms with E-state index in [1.807, 2.05) is 0 Å². The molecular formula is C11H12F2O2. The van der Waals surface area contributed by atoms with Crippen LogP contribution in [0.15, 0.2) is 18.2 Å². The number of halogens is 2. The van der Waals surface area contributed by atoms with Crippen LogP contribution in [0, 0.1) is 0 Å². The zero-order valence-electron chi connectivity index (χ0n) is 8.59. The molecule has 0 N–H and O–H groups in total. The lowest BCUT2D eigenvalue weighted by Gasteiger charge is -2.31. The van der Waals surface area contributed by atoms with Gasteiger partial charge >= 0.3 is 0 Å². The molecule has 1 aliphatic rings. The molecule has 0 spiro atoms. The molecule has 0 radical (unpaired) electrons. The molecule has 1 atom stereocenters. The van der Waals surface area contributed by atoms with E-state index in [0.717, 1.165) is 0 Å². The Morgan fingerprint density at radius 1 is 1.47 bits per heavy atom. The molecule has 0 amide bonds. The van der Waals surface area contributed by atoms with E-state index < -0.39 is 18.4 Å². The maximum absolute atomic E-state index is 13.4. The Morgan fingerprint density at radius 2 is 2.20 bits per heavy atom. The first-order valence-electron chi connectivity index (χ1n) is 4.74. The van der Waals surface area contributed by atoms with Crippen LogP contribution >= 0.6 is 0 Å². The van der Waals surface area contributed by atoms with Gasteiger partial charge in [-0.25, -0.2) is 8.78 Å². The van der Waals surface area contributed by atoms with E-state index in [0.29, 0.717) is 17.1 Å². The molecule has 15 heavy (non-hydrogen) atoms. The number of methoxy groups -OCH3 is 1. The predicted octanol–water partition coefficient (Wildman–Crippen LogP) is 2.83. The van der Waals surface area contributed by atoms with Crippen molar-refractivity contribution in [3.05, 3.63) is 23.8 Å². The highest BCUT2D eigenvalue weighted by molar-refractivity contribution is 5.49. The molecule has 2 rings (SSSR count). The van der Waals surface area contributed by atoms with Crippen molar-refractivity contribution in [1.29, 1.82) is 0 Å². The van der Waals surface area contributed by atoms with Crippen molar-refractivity contribution in [2.75, 3.05) is 13.7 Å². The van der Waals surface area contributed by atoms with Crippen molar-refractivity contribution in [2.45, 2.75) is 18.8 Å². The third-order valence-corrected chi connectivity index (χ3v) is 2.73. The zero-order valence-corrected chi connectivity index (χ0v) is 8.59. The van der Waals surface area contributed by atoms with Crippen molar-refractivity contribution < 1.29 is 18.3 Å². The normalized spacial score (nSPS) is 22.8. The van der Waals surface area contributed by atoms with E-state index in [-0.39, 0.29) is 0 Å². The maximum atomic E-state index is 13.4. The van der Waals surface area contributed by atoms with Gasteiger partial charge in [0.1, 0.15) is 11.5 Å². The molecule has 4 heteroatoms. The van der Waals surface area contributed by atoms with Crippen molar-refractivity contribution in [2.24, 2.45) is 0 Å². The topological polar surface area (TPSA) is 18.5 Å². The average Bonchev–Trinajstić information content (AvgIpc) is 2.23. The highest BCUT2D eigenvalue weighted by Gasteiger charge is 2.44. The minimum atomic E-state index is -2.83. The SMILES string of the molecule is COc1cccc2c1C(C)C(F)(F)CO2. The van der Waals surface area contributed by atoms with Crippen molar-refractivity contribution in [3.8, 4) is 11.5 Å². The molecular weight excluding hydrogens is 202 g/mol. The molecule has 0 saturated carbocycles. The summed E-state index contributed by atoms with van der Waals surface area (Å²) in [4.78, 5) is 0. The van der Waals surface area contributed by atoms with E-state index in [9.17, 15) is 8.78 Å². The first-order valence-corrected chi connectivity index (χ1v) is 4.74. The molecule has 1 aromatic rings. The molecule has 2 nitrogen and oxygen atoms in total. The third-order valence-electron chi connectivity index (χ3n) is 2.73. The molecule has 1 aliphatic heterocycles. The largest absolute Gasteiger partial charge is 0.496 e. The van der Waals surface area contributed by atoms with Gasteiger partial charge in [-0.3, -0.25) is 0 Å². The van der Waals surface area contributed by atoms with Crippen LogP contribution in [-0.2, 0) is 0 Å². The molecule has 82 valence electrons. The van der Waals surface area contributed by atoms with Gasteiger partial charge in [-0.05, 0) is 12.1 Å². The standard InChI is InChI=1S/C11H12F2O2/c1-7-10-8(14-2)4-3-5-9(10)15-6-11(7,12)13/h3-5,7H,6H2,1-2H3. The maximum Gasteiger partial charge on any atom is 0.288 e. The minimum Gasteiger partial charge on any atom is -0.496 e. The smallest absolute Gasteiger partial charge is 0.288 e. The van der Waals surface area contributed by atoms with E-state index in [2.05, 4.69) is 0 Å². The lowest BCUT2D eigenvalue weighted by molar-refractivity contribution is -0.0728. The number of ether oxygens (including phenoxy) is 2. The number of fused-ring (bicyclic) bond motifs is 1. The van der Waals surface area contributed by atoms with Gasteiger partial charge in [0, 0.05) is 5.56 Å². The van der Waals surface area contributed by atoms with Gasteiger partial charge in [0.25, 0.3) is 5.92 Å². The lowest BCUT2D eigenvalue weighted by atomic mass is 9.91. The second kappa shape index (κ2) is 3.36. The predicted molar refractivity (Wildman–Crippen MR) is 51.9 cm³/mol. The Bertz CT molecular complexity index is 363. The van der Waals surface area contributed by atoms with Crippen molar-refractivity contribution >= 4 is 0 Å². The molecule has 0 bridgehead atoms. The Labute approximate surface area is 86.8 Å². The van der Waals surface area contributed by atoms with Gasteiger partial charge in [-0.2, -0.15) is 0 Å². The summed E-state index contributed by atoms with van der Waals surface area (Å²) in [5.41, 5.74) is 0.455. The van der Waals surface area contributed by atoms with Gasteiger partial charge in [0.2, 0.25) is 0 Å². The minimum absolute atomic E-state index is 0.455. The molecule has 0 fully saturated rings. The first-order chi connectivity index (χ1) is 7.06. The summed E-state index contributed by atoms with van der Waals surface area (Å²) in [5, 5.41) is 0. The number of hydrogen-bond donors (Lipinski definition) is 0. The van der Waals surface area contributed by atoms with Crippen LogP contribution in [0.2, 0.25) is 0 Å². The summed E-state index contributed by atoms with van der Waals surface area (Å²) in [6.45, 7) is 0.929. The molecule has 0 saturated heterocycles. The summed E-state index contributed by atoms with van der Waals surface area (Å²) in [6.07, 6.45) is 0.